The number of hydrogen-bond acceptors (Lipinski definition) is 5. The molecule has 0 saturated carbocycles. The Balaban J connectivity index is 1.87. The molecule has 0 atom stereocenters. The van der Waals surface area contributed by atoms with Crippen molar-refractivity contribution in [2.24, 2.45) is 0 Å². The monoisotopic (exact) mass is 322 g/mol. The zero-order valence-corrected chi connectivity index (χ0v) is 12.6. The molecule has 0 bridgehead atoms. The van der Waals surface area contributed by atoms with E-state index >= 15 is 0 Å². The number of fused-ring (bicyclic) bond motifs is 1. The fourth-order valence-corrected chi connectivity index (χ4v) is 3.21. The van der Waals surface area contributed by atoms with Crippen LogP contribution >= 0.6 is 11.3 Å². The van der Waals surface area contributed by atoms with Gasteiger partial charge in [-0.05, 0) is 18.2 Å². The van der Waals surface area contributed by atoms with Crippen molar-refractivity contribution in [2.75, 3.05) is 0 Å². The molecule has 23 heavy (non-hydrogen) atoms. The number of carboxylic acid groups (broad SMARTS) is 1. The lowest BCUT2D eigenvalue weighted by Crippen LogP contribution is -1.94. The highest BCUT2D eigenvalue weighted by molar-refractivity contribution is 7.13. The molecule has 4 aromatic heterocycles. The van der Waals surface area contributed by atoms with Crippen molar-refractivity contribution >= 4 is 22.8 Å². The van der Waals surface area contributed by atoms with E-state index in [0.717, 1.165) is 10.7 Å². The summed E-state index contributed by atoms with van der Waals surface area (Å²) >= 11 is 1.45. The summed E-state index contributed by atoms with van der Waals surface area (Å²) in [5, 5.41) is 12.0. The first-order valence-corrected chi connectivity index (χ1v) is 7.67. The lowest BCUT2D eigenvalue weighted by atomic mass is 10.2. The lowest BCUT2D eigenvalue weighted by molar-refractivity contribution is 0.0699. The van der Waals surface area contributed by atoms with E-state index in [-0.39, 0.29) is 5.56 Å². The van der Waals surface area contributed by atoms with Gasteiger partial charge < -0.3 is 9.51 Å². The van der Waals surface area contributed by atoms with Crippen LogP contribution in [0.1, 0.15) is 10.4 Å². The second-order valence-electron chi connectivity index (χ2n) is 4.83. The Morgan fingerprint density at radius 1 is 1.22 bits per heavy atom. The molecule has 0 aliphatic carbocycles. The van der Waals surface area contributed by atoms with Gasteiger partial charge in [0.15, 0.2) is 0 Å². The quantitative estimate of drug-likeness (QED) is 0.626. The van der Waals surface area contributed by atoms with Gasteiger partial charge in [0, 0.05) is 24.0 Å². The number of rotatable bonds is 3. The highest BCUT2D eigenvalue weighted by atomic mass is 32.1. The Kier molecular flexibility index (Phi) is 3.13. The van der Waals surface area contributed by atoms with Crippen molar-refractivity contribution in [1.29, 1.82) is 0 Å². The normalized spacial score (nSPS) is 11.0. The first-order valence-electron chi connectivity index (χ1n) is 6.80. The first-order chi connectivity index (χ1) is 11.2. The van der Waals surface area contributed by atoms with E-state index in [4.69, 9.17) is 0 Å². The fourth-order valence-electron chi connectivity index (χ4n) is 2.44. The molecule has 0 unspecified atom stereocenters. The molecule has 0 fully saturated rings. The van der Waals surface area contributed by atoms with Gasteiger partial charge in [-0.2, -0.15) is 0 Å². The summed E-state index contributed by atoms with van der Waals surface area (Å²) in [5.41, 5.74) is 3.05. The molecular weight excluding hydrogens is 312 g/mol. The van der Waals surface area contributed by atoms with Gasteiger partial charge >= 0.3 is 5.97 Å². The van der Waals surface area contributed by atoms with Crippen molar-refractivity contribution < 1.29 is 9.90 Å². The Labute approximate surface area is 134 Å². The van der Waals surface area contributed by atoms with E-state index < -0.39 is 5.97 Å². The smallest absolute Gasteiger partial charge is 0.337 e. The fraction of sp³-hybridized carbons (Fsp3) is 0. The van der Waals surface area contributed by atoms with Gasteiger partial charge in [0.25, 0.3) is 0 Å². The summed E-state index contributed by atoms with van der Waals surface area (Å²) in [6.45, 7) is 0. The summed E-state index contributed by atoms with van der Waals surface area (Å²) in [6.07, 6.45) is 6.71. The average molecular weight is 322 g/mol. The Morgan fingerprint density at radius 2 is 2.13 bits per heavy atom. The Morgan fingerprint density at radius 3 is 2.91 bits per heavy atom. The van der Waals surface area contributed by atoms with E-state index in [1.807, 2.05) is 28.1 Å². The molecule has 0 aliphatic heterocycles. The minimum atomic E-state index is -0.954. The van der Waals surface area contributed by atoms with Crippen molar-refractivity contribution in [3.8, 4) is 22.1 Å². The number of pyridine rings is 1. The second kappa shape index (κ2) is 5.29. The molecule has 112 valence electrons. The third kappa shape index (κ3) is 2.27. The standard InChI is InChI=1S/C16H10N4O2S/c21-16(22)10-7-14(20-6-2-1-3-13(10)20)12-9-23-15(19-12)11-8-17-4-5-18-11/h1-9H,(H,21,22). The molecule has 0 amide bonds. The molecule has 7 heteroatoms. The molecule has 0 radical (unpaired) electrons. The molecule has 4 rings (SSSR count). The van der Waals surface area contributed by atoms with Gasteiger partial charge in [0.2, 0.25) is 0 Å². The summed E-state index contributed by atoms with van der Waals surface area (Å²) in [6, 6.07) is 7.10. The zero-order chi connectivity index (χ0) is 15.8. The number of nitrogens with zero attached hydrogens (tertiary/aromatic N) is 4. The molecule has 4 heterocycles. The highest BCUT2D eigenvalue weighted by Crippen LogP contribution is 2.30. The van der Waals surface area contributed by atoms with E-state index in [1.165, 1.54) is 11.3 Å². The third-order valence-electron chi connectivity index (χ3n) is 3.46. The molecule has 0 saturated heterocycles. The lowest BCUT2D eigenvalue weighted by Gasteiger charge is -1.99. The molecule has 0 spiro atoms. The van der Waals surface area contributed by atoms with Crippen LogP contribution in [0.15, 0.2) is 54.4 Å². The molecule has 0 aromatic carbocycles. The molecular formula is C16H10N4O2S. The number of aromatic carboxylic acids is 1. The van der Waals surface area contributed by atoms with Crippen LogP contribution in [0.3, 0.4) is 0 Å². The van der Waals surface area contributed by atoms with Crippen molar-refractivity contribution in [3.05, 3.63) is 60.0 Å². The van der Waals surface area contributed by atoms with Crippen molar-refractivity contribution in [3.63, 3.8) is 0 Å². The second-order valence-corrected chi connectivity index (χ2v) is 5.69. The van der Waals surface area contributed by atoms with Gasteiger partial charge in [-0.1, -0.05) is 6.07 Å². The van der Waals surface area contributed by atoms with Crippen LogP contribution in [-0.2, 0) is 0 Å². The Hall–Kier alpha value is -3.06. The molecule has 6 nitrogen and oxygen atoms in total. The van der Waals surface area contributed by atoms with Crippen LogP contribution in [0.2, 0.25) is 0 Å². The first kappa shape index (κ1) is 13.6. The average Bonchev–Trinajstić information content (AvgIpc) is 3.20. The van der Waals surface area contributed by atoms with Crippen LogP contribution in [0.25, 0.3) is 27.6 Å². The van der Waals surface area contributed by atoms with E-state index in [9.17, 15) is 9.90 Å². The number of carbonyl (C=O) groups is 1. The predicted octanol–water partition coefficient (Wildman–Crippen LogP) is 3.22. The van der Waals surface area contributed by atoms with E-state index in [0.29, 0.717) is 16.9 Å². The maximum absolute atomic E-state index is 11.4. The third-order valence-corrected chi connectivity index (χ3v) is 4.32. The van der Waals surface area contributed by atoms with Gasteiger partial charge in [-0.3, -0.25) is 9.97 Å². The van der Waals surface area contributed by atoms with Gasteiger partial charge in [-0.15, -0.1) is 11.3 Å². The molecule has 0 aliphatic rings. The zero-order valence-electron chi connectivity index (χ0n) is 11.7. The maximum atomic E-state index is 11.4. The summed E-state index contributed by atoms with van der Waals surface area (Å²) < 4.78 is 1.83. The van der Waals surface area contributed by atoms with Gasteiger partial charge in [-0.25, -0.2) is 9.78 Å². The number of thiazole rings is 1. The largest absolute Gasteiger partial charge is 0.478 e. The SMILES string of the molecule is O=C(O)c1cc(-c2csc(-c3cnccn3)n2)n2ccccc12. The number of carboxylic acids is 1. The summed E-state index contributed by atoms with van der Waals surface area (Å²) in [7, 11) is 0. The van der Waals surface area contributed by atoms with Crippen LogP contribution in [0, 0.1) is 0 Å². The van der Waals surface area contributed by atoms with Crippen LogP contribution in [0.5, 0.6) is 0 Å². The van der Waals surface area contributed by atoms with Crippen LogP contribution < -0.4 is 0 Å². The minimum Gasteiger partial charge on any atom is -0.478 e. The van der Waals surface area contributed by atoms with Gasteiger partial charge in [0.1, 0.15) is 10.7 Å². The summed E-state index contributed by atoms with van der Waals surface area (Å²) in [5.74, 6) is -0.954. The van der Waals surface area contributed by atoms with Gasteiger partial charge in [0.05, 0.1) is 28.7 Å². The summed E-state index contributed by atoms with van der Waals surface area (Å²) in [4.78, 5) is 24.3. The number of hydrogen-bond donors (Lipinski definition) is 1. The molecule has 1 N–H and O–H groups in total. The van der Waals surface area contributed by atoms with Crippen LogP contribution in [-0.4, -0.2) is 30.4 Å². The predicted molar refractivity (Wildman–Crippen MR) is 86.5 cm³/mol. The van der Waals surface area contributed by atoms with Crippen molar-refractivity contribution in [1.82, 2.24) is 19.4 Å². The van der Waals surface area contributed by atoms with E-state index in [1.54, 1.807) is 30.7 Å². The topological polar surface area (TPSA) is 80.4 Å². The maximum Gasteiger partial charge on any atom is 0.337 e. The molecule has 4 aromatic rings. The minimum absolute atomic E-state index is 0.259. The highest BCUT2D eigenvalue weighted by Gasteiger charge is 2.17. The van der Waals surface area contributed by atoms with E-state index in [2.05, 4.69) is 15.0 Å². The Bertz CT molecular complexity index is 1010. The number of aromatic nitrogens is 4. The van der Waals surface area contributed by atoms with Crippen LogP contribution in [0.4, 0.5) is 0 Å². The van der Waals surface area contributed by atoms with Crippen molar-refractivity contribution in [2.45, 2.75) is 0 Å².